The van der Waals surface area contributed by atoms with Crippen LogP contribution in [0.5, 0.6) is 0 Å². The van der Waals surface area contributed by atoms with Crippen LogP contribution < -0.4 is 11.1 Å². The van der Waals surface area contributed by atoms with Gasteiger partial charge in [-0.1, -0.05) is 30.3 Å². The minimum atomic E-state index is -4.52. The van der Waals surface area contributed by atoms with Gasteiger partial charge in [0.25, 0.3) is 0 Å². The molecule has 0 aliphatic rings. The van der Waals surface area contributed by atoms with Gasteiger partial charge in [-0.25, -0.2) is 0 Å². The number of nitrogens with one attached hydrogen (secondary N) is 1. The fourth-order valence-corrected chi connectivity index (χ4v) is 3.84. The van der Waals surface area contributed by atoms with Gasteiger partial charge in [-0.15, -0.1) is 0 Å². The second kappa shape index (κ2) is 7.46. The summed E-state index contributed by atoms with van der Waals surface area (Å²) in [5, 5.41) is 3.73. The number of halogens is 3. The van der Waals surface area contributed by atoms with Crippen molar-refractivity contribution in [2.75, 3.05) is 5.32 Å². The number of aromatic nitrogens is 1. The summed E-state index contributed by atoms with van der Waals surface area (Å²) in [5.74, 6) is -0.923. The van der Waals surface area contributed by atoms with Crippen molar-refractivity contribution >= 4 is 39.3 Å². The van der Waals surface area contributed by atoms with E-state index in [0.29, 0.717) is 33.1 Å². The Morgan fingerprint density at radius 2 is 1.74 bits per heavy atom. The number of fused-ring (bicyclic) bond motifs is 3. The molecule has 0 radical (unpaired) electrons. The lowest BCUT2D eigenvalue weighted by molar-refractivity contribution is -0.137. The Bertz CT molecular complexity index is 1340. The number of benzene rings is 3. The highest BCUT2D eigenvalue weighted by Gasteiger charge is 2.31. The van der Waals surface area contributed by atoms with Crippen LogP contribution in [0.2, 0.25) is 0 Å². The molecule has 3 N–H and O–H groups in total. The molecule has 0 saturated carbocycles. The molecule has 0 atom stereocenters. The number of carbonyl (C=O) groups is 2. The first-order valence-corrected chi connectivity index (χ1v) is 9.44. The molecule has 3 aromatic carbocycles. The van der Waals surface area contributed by atoms with E-state index in [1.54, 1.807) is 47.0 Å². The Balaban J connectivity index is 2.02. The number of nitrogens with two attached hydrogens (primary N) is 1. The van der Waals surface area contributed by atoms with E-state index in [2.05, 4.69) is 5.32 Å². The molecular formula is C23H18F3N3O2. The first-order chi connectivity index (χ1) is 14.7. The van der Waals surface area contributed by atoms with Crippen LogP contribution >= 0.6 is 0 Å². The normalized spacial score (nSPS) is 11.7. The summed E-state index contributed by atoms with van der Waals surface area (Å²) in [6.07, 6.45) is -4.52. The van der Waals surface area contributed by atoms with Gasteiger partial charge in [0.05, 0.1) is 23.1 Å². The molecule has 5 nitrogen and oxygen atoms in total. The zero-order valence-electron chi connectivity index (χ0n) is 16.5. The molecule has 1 aromatic heterocycles. The van der Waals surface area contributed by atoms with Crippen molar-refractivity contribution < 1.29 is 22.8 Å². The van der Waals surface area contributed by atoms with Gasteiger partial charge in [0.1, 0.15) is 0 Å². The number of rotatable bonds is 4. The van der Waals surface area contributed by atoms with E-state index < -0.39 is 17.6 Å². The van der Waals surface area contributed by atoms with E-state index in [1.165, 1.54) is 13.0 Å². The molecule has 0 aliphatic heterocycles. The number of nitrogens with zero attached hydrogens (tertiary/aromatic N) is 1. The van der Waals surface area contributed by atoms with Crippen molar-refractivity contribution in [3.05, 3.63) is 77.4 Å². The molecule has 1 heterocycles. The largest absolute Gasteiger partial charge is 0.416 e. The van der Waals surface area contributed by atoms with E-state index in [9.17, 15) is 22.8 Å². The number of hydrogen-bond acceptors (Lipinski definition) is 2. The third-order valence-corrected chi connectivity index (χ3v) is 5.14. The van der Waals surface area contributed by atoms with Crippen LogP contribution in [0.3, 0.4) is 0 Å². The highest BCUT2D eigenvalue weighted by atomic mass is 19.4. The fourth-order valence-electron chi connectivity index (χ4n) is 3.84. The summed E-state index contributed by atoms with van der Waals surface area (Å²) in [7, 11) is 0. The van der Waals surface area contributed by atoms with Crippen molar-refractivity contribution in [3.8, 4) is 0 Å². The first kappa shape index (κ1) is 20.5. The number of hydrogen-bond donors (Lipinski definition) is 2. The maximum absolute atomic E-state index is 13.4. The van der Waals surface area contributed by atoms with Gasteiger partial charge in [-0.2, -0.15) is 13.2 Å². The Morgan fingerprint density at radius 1 is 1.00 bits per heavy atom. The number of amides is 2. The highest BCUT2D eigenvalue weighted by Crippen LogP contribution is 2.37. The molecule has 0 saturated heterocycles. The van der Waals surface area contributed by atoms with Gasteiger partial charge in [0, 0.05) is 28.9 Å². The molecule has 31 heavy (non-hydrogen) atoms. The van der Waals surface area contributed by atoms with Crippen molar-refractivity contribution in [3.63, 3.8) is 0 Å². The molecule has 0 aliphatic carbocycles. The average molecular weight is 425 g/mol. The standard InChI is InChI=1S/C23H18F3N3O2/c1-13(30)28-18-7-3-2-5-14(18)12-29-19-8-4-6-17(22(27)31)21(19)16-10-9-15(11-20(16)29)23(24,25)26/h2-11H,12H2,1H3,(H2,27,31)(H,28,30). The molecule has 158 valence electrons. The highest BCUT2D eigenvalue weighted by molar-refractivity contribution is 6.18. The van der Waals surface area contributed by atoms with Crippen molar-refractivity contribution in [1.29, 1.82) is 0 Å². The van der Waals surface area contributed by atoms with Gasteiger partial charge in [0.2, 0.25) is 11.8 Å². The summed E-state index contributed by atoms with van der Waals surface area (Å²) in [6.45, 7) is 1.56. The molecule has 8 heteroatoms. The third-order valence-electron chi connectivity index (χ3n) is 5.14. The van der Waals surface area contributed by atoms with Crippen LogP contribution in [0.25, 0.3) is 21.8 Å². The molecule has 0 bridgehead atoms. The monoisotopic (exact) mass is 425 g/mol. The Labute approximate surface area is 175 Å². The molecule has 0 fully saturated rings. The predicted octanol–water partition coefficient (Wildman–Crippen LogP) is 4.92. The average Bonchev–Trinajstić information content (AvgIpc) is 3.01. The summed E-state index contributed by atoms with van der Waals surface area (Å²) < 4.78 is 41.9. The van der Waals surface area contributed by atoms with Crippen molar-refractivity contribution in [1.82, 2.24) is 4.57 Å². The van der Waals surface area contributed by atoms with E-state index in [4.69, 9.17) is 5.73 Å². The fraction of sp³-hybridized carbons (Fsp3) is 0.130. The topological polar surface area (TPSA) is 77.1 Å². The van der Waals surface area contributed by atoms with E-state index in [1.807, 2.05) is 0 Å². The SMILES string of the molecule is CC(=O)Nc1ccccc1Cn1c2cc(C(F)(F)F)ccc2c2c(C(N)=O)cccc21. The first-order valence-electron chi connectivity index (χ1n) is 9.44. The summed E-state index contributed by atoms with van der Waals surface area (Å²) >= 11 is 0. The van der Waals surface area contributed by atoms with Crippen LogP contribution in [-0.4, -0.2) is 16.4 Å². The minimum Gasteiger partial charge on any atom is -0.366 e. The zero-order valence-corrected chi connectivity index (χ0v) is 16.5. The van der Waals surface area contributed by atoms with Crippen LogP contribution in [-0.2, 0) is 17.5 Å². The number of alkyl halides is 3. The van der Waals surface area contributed by atoms with Crippen molar-refractivity contribution in [2.45, 2.75) is 19.6 Å². The van der Waals surface area contributed by atoms with E-state index in [0.717, 1.165) is 12.1 Å². The van der Waals surface area contributed by atoms with Gasteiger partial charge in [-0.3, -0.25) is 9.59 Å². The Hall–Kier alpha value is -3.81. The molecule has 4 rings (SSSR count). The third kappa shape index (κ3) is 3.72. The molecule has 2 amide bonds. The lowest BCUT2D eigenvalue weighted by atomic mass is 10.0. The van der Waals surface area contributed by atoms with Crippen LogP contribution in [0.4, 0.5) is 18.9 Å². The van der Waals surface area contributed by atoms with Gasteiger partial charge < -0.3 is 15.6 Å². The number of anilines is 1. The molecule has 0 spiro atoms. The van der Waals surface area contributed by atoms with Gasteiger partial charge in [-0.05, 0) is 35.9 Å². The van der Waals surface area contributed by atoms with E-state index in [-0.39, 0.29) is 18.0 Å². The summed E-state index contributed by atoms with van der Waals surface area (Å²) in [6, 6.07) is 15.4. The zero-order chi connectivity index (χ0) is 22.3. The van der Waals surface area contributed by atoms with Crippen LogP contribution in [0.15, 0.2) is 60.7 Å². The molecule has 0 unspecified atom stereocenters. The number of carbonyl (C=O) groups excluding carboxylic acids is 2. The second-order valence-corrected chi connectivity index (χ2v) is 7.22. The minimum absolute atomic E-state index is 0.181. The summed E-state index contributed by atoms with van der Waals surface area (Å²) in [4.78, 5) is 23.6. The maximum atomic E-state index is 13.4. The van der Waals surface area contributed by atoms with Crippen LogP contribution in [0, 0.1) is 0 Å². The maximum Gasteiger partial charge on any atom is 0.416 e. The van der Waals surface area contributed by atoms with E-state index >= 15 is 0 Å². The second-order valence-electron chi connectivity index (χ2n) is 7.22. The van der Waals surface area contributed by atoms with Gasteiger partial charge >= 0.3 is 6.18 Å². The number of primary amides is 1. The van der Waals surface area contributed by atoms with Crippen molar-refractivity contribution in [2.24, 2.45) is 5.73 Å². The predicted molar refractivity (Wildman–Crippen MR) is 113 cm³/mol. The smallest absolute Gasteiger partial charge is 0.366 e. The van der Waals surface area contributed by atoms with Gasteiger partial charge in [0.15, 0.2) is 0 Å². The summed E-state index contributed by atoms with van der Waals surface area (Å²) in [5.41, 5.74) is 7.13. The lowest BCUT2D eigenvalue weighted by Crippen LogP contribution is -2.11. The lowest BCUT2D eigenvalue weighted by Gasteiger charge is -2.13. The number of para-hydroxylation sites is 1. The Kier molecular flexibility index (Phi) is 4.93. The Morgan fingerprint density at radius 3 is 2.42 bits per heavy atom. The molecular weight excluding hydrogens is 407 g/mol. The molecule has 4 aromatic rings. The quantitative estimate of drug-likeness (QED) is 0.487. The van der Waals surface area contributed by atoms with Crippen LogP contribution in [0.1, 0.15) is 28.4 Å².